The predicted molar refractivity (Wildman–Crippen MR) is 65.8 cm³/mol. The maximum atomic E-state index is 13.4. The Hall–Kier alpha value is -1.87. The summed E-state index contributed by atoms with van der Waals surface area (Å²) in [6.07, 6.45) is 0. The van der Waals surface area contributed by atoms with Crippen LogP contribution in [0, 0.1) is 5.82 Å². The summed E-state index contributed by atoms with van der Waals surface area (Å²) in [5.41, 5.74) is 0.540. The molecular weight excluding hydrogens is 241 g/mol. The topological polar surface area (TPSA) is 29.1 Å². The monoisotopic (exact) mass is 249 g/mol. The molecule has 0 saturated heterocycles. The maximum absolute atomic E-state index is 13.4. The SMILES string of the molecule is O=C(Nc1ccccc1)c1cc(Cl)ccc1F. The zero-order chi connectivity index (χ0) is 12.3. The third-order valence-electron chi connectivity index (χ3n) is 2.20. The normalized spacial score (nSPS) is 10.0. The minimum Gasteiger partial charge on any atom is -0.322 e. The fraction of sp³-hybridized carbons (Fsp3) is 0. The van der Waals surface area contributed by atoms with Gasteiger partial charge in [0.2, 0.25) is 0 Å². The number of rotatable bonds is 2. The zero-order valence-corrected chi connectivity index (χ0v) is 9.54. The Morgan fingerprint density at radius 1 is 1.12 bits per heavy atom. The van der Waals surface area contributed by atoms with Crippen molar-refractivity contribution < 1.29 is 9.18 Å². The lowest BCUT2D eigenvalue weighted by atomic mass is 10.2. The molecule has 0 heterocycles. The van der Waals surface area contributed by atoms with E-state index in [9.17, 15) is 9.18 Å². The van der Waals surface area contributed by atoms with Gasteiger partial charge in [0.1, 0.15) is 5.82 Å². The Labute approximate surface area is 103 Å². The van der Waals surface area contributed by atoms with Crippen LogP contribution in [0.25, 0.3) is 0 Å². The van der Waals surface area contributed by atoms with E-state index in [0.29, 0.717) is 10.7 Å². The van der Waals surface area contributed by atoms with Crippen LogP contribution in [0.1, 0.15) is 10.4 Å². The van der Waals surface area contributed by atoms with Crippen molar-refractivity contribution in [2.75, 3.05) is 5.32 Å². The summed E-state index contributed by atoms with van der Waals surface area (Å²) in [5, 5.41) is 2.91. The van der Waals surface area contributed by atoms with Crippen molar-refractivity contribution in [3.8, 4) is 0 Å². The Morgan fingerprint density at radius 3 is 2.53 bits per heavy atom. The summed E-state index contributed by atoms with van der Waals surface area (Å²) < 4.78 is 13.4. The highest BCUT2D eigenvalue weighted by Gasteiger charge is 2.12. The van der Waals surface area contributed by atoms with Crippen molar-refractivity contribution in [3.63, 3.8) is 0 Å². The number of carbonyl (C=O) groups excluding carboxylic acids is 1. The van der Waals surface area contributed by atoms with Crippen molar-refractivity contribution in [3.05, 3.63) is 64.9 Å². The zero-order valence-electron chi connectivity index (χ0n) is 8.78. The van der Waals surface area contributed by atoms with Gasteiger partial charge in [-0.05, 0) is 30.3 Å². The molecule has 2 aromatic carbocycles. The molecule has 0 unspecified atom stereocenters. The van der Waals surface area contributed by atoms with Crippen molar-refractivity contribution >= 4 is 23.2 Å². The Bertz CT molecular complexity index is 542. The van der Waals surface area contributed by atoms with Crippen molar-refractivity contribution in [2.24, 2.45) is 0 Å². The van der Waals surface area contributed by atoms with Gasteiger partial charge in [-0.15, -0.1) is 0 Å². The molecule has 0 aliphatic heterocycles. The predicted octanol–water partition coefficient (Wildman–Crippen LogP) is 3.73. The average Bonchev–Trinajstić information content (AvgIpc) is 2.33. The maximum Gasteiger partial charge on any atom is 0.258 e. The molecule has 0 aromatic heterocycles. The van der Waals surface area contributed by atoms with E-state index in [-0.39, 0.29) is 5.56 Å². The molecule has 0 atom stereocenters. The van der Waals surface area contributed by atoms with Gasteiger partial charge in [0.25, 0.3) is 5.91 Å². The molecule has 2 nitrogen and oxygen atoms in total. The summed E-state index contributed by atoms with van der Waals surface area (Å²) in [6, 6.07) is 12.7. The average molecular weight is 250 g/mol. The Kier molecular flexibility index (Phi) is 3.40. The number of benzene rings is 2. The summed E-state index contributed by atoms with van der Waals surface area (Å²) in [7, 11) is 0. The Balaban J connectivity index is 2.23. The number of halogens is 2. The summed E-state index contributed by atoms with van der Waals surface area (Å²) in [5.74, 6) is -1.11. The highest BCUT2D eigenvalue weighted by Crippen LogP contribution is 2.16. The minimum absolute atomic E-state index is 0.0682. The van der Waals surface area contributed by atoms with Crippen LogP contribution in [0.15, 0.2) is 48.5 Å². The second-order valence-corrected chi connectivity index (χ2v) is 3.88. The molecule has 0 bridgehead atoms. The highest BCUT2D eigenvalue weighted by atomic mass is 35.5. The molecule has 1 amide bonds. The van der Waals surface area contributed by atoms with E-state index in [0.717, 1.165) is 0 Å². The number of carbonyl (C=O) groups is 1. The van der Waals surface area contributed by atoms with Gasteiger partial charge in [0.15, 0.2) is 0 Å². The molecule has 0 spiro atoms. The summed E-state index contributed by atoms with van der Waals surface area (Å²) in [4.78, 5) is 11.8. The van der Waals surface area contributed by atoms with Gasteiger partial charge in [0, 0.05) is 10.7 Å². The molecule has 17 heavy (non-hydrogen) atoms. The van der Waals surface area contributed by atoms with E-state index in [4.69, 9.17) is 11.6 Å². The molecular formula is C13H9ClFNO. The Morgan fingerprint density at radius 2 is 1.82 bits per heavy atom. The first-order valence-electron chi connectivity index (χ1n) is 4.98. The van der Waals surface area contributed by atoms with E-state index < -0.39 is 11.7 Å². The van der Waals surface area contributed by atoms with Crippen LogP contribution >= 0.6 is 11.6 Å². The molecule has 2 rings (SSSR count). The number of para-hydroxylation sites is 1. The first-order chi connectivity index (χ1) is 8.16. The molecule has 0 aliphatic carbocycles. The van der Waals surface area contributed by atoms with Crippen LogP contribution in [0.4, 0.5) is 10.1 Å². The molecule has 0 fully saturated rings. The summed E-state index contributed by atoms with van der Waals surface area (Å²) in [6.45, 7) is 0. The fourth-order valence-electron chi connectivity index (χ4n) is 1.39. The highest BCUT2D eigenvalue weighted by molar-refractivity contribution is 6.31. The van der Waals surface area contributed by atoms with Crippen molar-refractivity contribution in [1.29, 1.82) is 0 Å². The van der Waals surface area contributed by atoms with Crippen LogP contribution in [0.3, 0.4) is 0 Å². The molecule has 1 N–H and O–H groups in total. The minimum atomic E-state index is -0.595. The van der Waals surface area contributed by atoms with Crippen LogP contribution in [0.2, 0.25) is 5.02 Å². The quantitative estimate of drug-likeness (QED) is 0.863. The van der Waals surface area contributed by atoms with E-state index in [1.54, 1.807) is 24.3 Å². The number of nitrogens with one attached hydrogen (secondary N) is 1. The first kappa shape index (κ1) is 11.6. The second kappa shape index (κ2) is 4.97. The van der Waals surface area contributed by atoms with Gasteiger partial charge in [0.05, 0.1) is 5.56 Å². The van der Waals surface area contributed by atoms with Gasteiger partial charge in [-0.2, -0.15) is 0 Å². The van der Waals surface area contributed by atoms with Gasteiger partial charge >= 0.3 is 0 Å². The number of anilines is 1. The molecule has 0 saturated carbocycles. The molecule has 2 aromatic rings. The number of hydrogen-bond donors (Lipinski definition) is 1. The van der Waals surface area contributed by atoms with Gasteiger partial charge in [-0.25, -0.2) is 4.39 Å². The first-order valence-corrected chi connectivity index (χ1v) is 5.36. The van der Waals surface area contributed by atoms with Gasteiger partial charge in [-0.1, -0.05) is 29.8 Å². The van der Waals surface area contributed by atoms with Crippen LogP contribution in [-0.4, -0.2) is 5.91 Å². The molecule has 0 radical (unpaired) electrons. The second-order valence-electron chi connectivity index (χ2n) is 3.44. The van der Waals surface area contributed by atoms with Crippen LogP contribution < -0.4 is 5.32 Å². The lowest BCUT2D eigenvalue weighted by molar-refractivity contribution is 0.102. The molecule has 4 heteroatoms. The van der Waals surface area contributed by atoms with Gasteiger partial charge in [-0.3, -0.25) is 4.79 Å². The van der Waals surface area contributed by atoms with E-state index >= 15 is 0 Å². The van der Waals surface area contributed by atoms with Crippen LogP contribution in [0.5, 0.6) is 0 Å². The van der Waals surface area contributed by atoms with E-state index in [1.165, 1.54) is 18.2 Å². The van der Waals surface area contributed by atoms with Crippen molar-refractivity contribution in [2.45, 2.75) is 0 Å². The number of amides is 1. The smallest absolute Gasteiger partial charge is 0.258 e. The van der Waals surface area contributed by atoms with Crippen LogP contribution in [-0.2, 0) is 0 Å². The third-order valence-corrected chi connectivity index (χ3v) is 2.44. The molecule has 0 aliphatic rings. The van der Waals surface area contributed by atoms with E-state index in [2.05, 4.69) is 5.32 Å². The largest absolute Gasteiger partial charge is 0.322 e. The summed E-state index contributed by atoms with van der Waals surface area (Å²) >= 11 is 5.72. The standard InChI is InChI=1S/C13H9ClFNO/c14-9-6-7-12(15)11(8-9)13(17)16-10-4-2-1-3-5-10/h1-8H,(H,16,17). The lowest BCUT2D eigenvalue weighted by Crippen LogP contribution is -2.13. The number of hydrogen-bond acceptors (Lipinski definition) is 1. The fourth-order valence-corrected chi connectivity index (χ4v) is 1.56. The van der Waals surface area contributed by atoms with E-state index in [1.807, 2.05) is 6.07 Å². The van der Waals surface area contributed by atoms with Gasteiger partial charge < -0.3 is 5.32 Å². The third kappa shape index (κ3) is 2.82. The van der Waals surface area contributed by atoms with Crippen molar-refractivity contribution in [1.82, 2.24) is 0 Å². The molecule has 86 valence electrons. The lowest BCUT2D eigenvalue weighted by Gasteiger charge is -2.06.